The second-order valence-corrected chi connectivity index (χ2v) is 4.51. The van der Waals surface area contributed by atoms with Gasteiger partial charge in [-0.2, -0.15) is 0 Å². The highest BCUT2D eigenvalue weighted by Gasteiger charge is 2.09. The maximum atomic E-state index is 5.89. The van der Waals surface area contributed by atoms with Gasteiger partial charge in [0.15, 0.2) is 11.5 Å². The van der Waals surface area contributed by atoms with Crippen molar-refractivity contribution in [1.29, 1.82) is 0 Å². The van der Waals surface area contributed by atoms with E-state index in [1.807, 2.05) is 18.2 Å². The topological polar surface area (TPSA) is 35.1 Å². The smallest absolute Gasteiger partial charge is 0.164 e. The third-order valence-electron chi connectivity index (χ3n) is 2.97. The normalized spacial score (nSPS) is 10.2. The van der Waals surface area contributed by atoms with Crippen molar-refractivity contribution in [2.75, 3.05) is 26.8 Å². The molecule has 0 spiro atoms. The summed E-state index contributed by atoms with van der Waals surface area (Å²) in [6.07, 6.45) is 5.19. The minimum atomic E-state index is 0.703. The minimum absolute atomic E-state index is 0.703. The minimum Gasteiger partial charge on any atom is -0.493 e. The summed E-state index contributed by atoms with van der Waals surface area (Å²) in [5, 5.41) is 2.30. The number of unbranched alkanes of at least 4 members (excludes halogenated alkanes) is 1. The molecule has 0 fully saturated rings. The van der Waals surface area contributed by atoms with Gasteiger partial charge < -0.3 is 14.8 Å². The van der Waals surface area contributed by atoms with E-state index in [9.17, 15) is 0 Å². The Kier molecular flexibility index (Phi) is 7.75. The lowest BCUT2D eigenvalue weighted by molar-refractivity contribution is -0.655. The van der Waals surface area contributed by atoms with Gasteiger partial charge in [0.2, 0.25) is 0 Å². The Bertz CT molecular complexity index is 377. The van der Waals surface area contributed by atoms with Crippen LogP contribution in [0, 0.1) is 0 Å². The first-order valence-corrected chi connectivity index (χ1v) is 7.04. The van der Waals surface area contributed by atoms with E-state index in [2.05, 4.69) is 24.9 Å². The summed E-state index contributed by atoms with van der Waals surface area (Å²) in [4.78, 5) is 0. The summed E-state index contributed by atoms with van der Waals surface area (Å²) in [7, 11) is 1.67. The molecule has 0 aliphatic carbocycles. The molecule has 3 nitrogen and oxygen atoms in total. The molecule has 0 saturated carbocycles. The Balaban J connectivity index is 2.52. The van der Waals surface area contributed by atoms with Gasteiger partial charge in [0, 0.05) is 5.56 Å². The van der Waals surface area contributed by atoms with Gasteiger partial charge in [-0.3, -0.25) is 0 Å². The standard InChI is InChI=1S/C16H25NO2/c1-4-6-11-17-12-13-19-16-14(8-5-2)9-7-10-15(16)18-3/h5,7,9-10,17H,2,4,6,8,11-13H2,1,3H3/p+1. The molecule has 0 aliphatic rings. The summed E-state index contributed by atoms with van der Waals surface area (Å²) in [5.41, 5.74) is 1.13. The third-order valence-corrected chi connectivity index (χ3v) is 2.97. The molecule has 0 heterocycles. The number of methoxy groups -OCH3 is 1. The number of hydrogen-bond donors (Lipinski definition) is 1. The van der Waals surface area contributed by atoms with E-state index >= 15 is 0 Å². The van der Waals surface area contributed by atoms with Crippen molar-refractivity contribution in [1.82, 2.24) is 0 Å². The monoisotopic (exact) mass is 264 g/mol. The Hall–Kier alpha value is -1.48. The fourth-order valence-corrected chi connectivity index (χ4v) is 1.94. The zero-order chi connectivity index (χ0) is 13.9. The van der Waals surface area contributed by atoms with Gasteiger partial charge in [0.1, 0.15) is 13.2 Å². The Morgan fingerprint density at radius 3 is 2.84 bits per heavy atom. The van der Waals surface area contributed by atoms with Crippen LogP contribution in [-0.4, -0.2) is 26.8 Å². The lowest BCUT2D eigenvalue weighted by Crippen LogP contribution is -2.85. The van der Waals surface area contributed by atoms with Crippen LogP contribution >= 0.6 is 0 Å². The molecule has 1 aromatic rings. The number of hydrogen-bond acceptors (Lipinski definition) is 2. The number of nitrogens with two attached hydrogens (primary N) is 1. The molecule has 19 heavy (non-hydrogen) atoms. The van der Waals surface area contributed by atoms with Crippen LogP contribution < -0.4 is 14.8 Å². The van der Waals surface area contributed by atoms with Crippen LogP contribution in [0.5, 0.6) is 11.5 Å². The van der Waals surface area contributed by atoms with Crippen LogP contribution in [0.3, 0.4) is 0 Å². The number of ether oxygens (including phenoxy) is 2. The lowest BCUT2D eigenvalue weighted by atomic mass is 10.1. The highest BCUT2D eigenvalue weighted by atomic mass is 16.5. The van der Waals surface area contributed by atoms with Crippen molar-refractivity contribution in [3.8, 4) is 11.5 Å². The molecule has 0 atom stereocenters. The first-order chi connectivity index (χ1) is 9.33. The first kappa shape index (κ1) is 15.6. The Labute approximate surface area is 116 Å². The average molecular weight is 264 g/mol. The summed E-state index contributed by atoms with van der Waals surface area (Å²) < 4.78 is 11.2. The van der Waals surface area contributed by atoms with Crippen LogP contribution in [-0.2, 0) is 6.42 Å². The van der Waals surface area contributed by atoms with E-state index in [1.165, 1.54) is 19.4 Å². The van der Waals surface area contributed by atoms with Crippen LogP contribution in [0.15, 0.2) is 30.9 Å². The Morgan fingerprint density at radius 2 is 2.16 bits per heavy atom. The summed E-state index contributed by atoms with van der Waals surface area (Å²) in [6, 6.07) is 5.97. The van der Waals surface area contributed by atoms with Crippen molar-refractivity contribution in [2.45, 2.75) is 26.2 Å². The quantitative estimate of drug-likeness (QED) is 0.519. The highest BCUT2D eigenvalue weighted by Crippen LogP contribution is 2.31. The largest absolute Gasteiger partial charge is 0.493 e. The molecule has 1 rings (SSSR count). The van der Waals surface area contributed by atoms with Gasteiger partial charge in [-0.1, -0.05) is 31.6 Å². The number of quaternary nitrogens is 1. The predicted octanol–water partition coefficient (Wildman–Crippen LogP) is 2.17. The van der Waals surface area contributed by atoms with E-state index in [0.717, 1.165) is 30.0 Å². The number of allylic oxidation sites excluding steroid dienone is 1. The van der Waals surface area contributed by atoms with Gasteiger partial charge in [-0.05, 0) is 18.9 Å². The van der Waals surface area contributed by atoms with Gasteiger partial charge in [-0.15, -0.1) is 6.58 Å². The fourth-order valence-electron chi connectivity index (χ4n) is 1.94. The zero-order valence-corrected chi connectivity index (χ0v) is 12.2. The lowest BCUT2D eigenvalue weighted by Gasteiger charge is -2.13. The molecule has 0 radical (unpaired) electrons. The predicted molar refractivity (Wildman–Crippen MR) is 79.0 cm³/mol. The highest BCUT2D eigenvalue weighted by molar-refractivity contribution is 5.47. The van der Waals surface area contributed by atoms with Crippen molar-refractivity contribution in [3.63, 3.8) is 0 Å². The first-order valence-electron chi connectivity index (χ1n) is 7.04. The molecule has 0 aliphatic heterocycles. The third kappa shape index (κ3) is 5.35. The molecule has 0 aromatic heterocycles. The molecule has 0 saturated heterocycles. The van der Waals surface area contributed by atoms with Crippen molar-refractivity contribution < 1.29 is 14.8 Å². The molecule has 106 valence electrons. The van der Waals surface area contributed by atoms with Crippen LogP contribution in [0.4, 0.5) is 0 Å². The maximum Gasteiger partial charge on any atom is 0.164 e. The van der Waals surface area contributed by atoms with Crippen LogP contribution in [0.2, 0.25) is 0 Å². The summed E-state index contributed by atoms with van der Waals surface area (Å²) in [6.45, 7) is 8.84. The summed E-state index contributed by atoms with van der Waals surface area (Å²) in [5.74, 6) is 1.65. The van der Waals surface area contributed by atoms with Crippen molar-refractivity contribution >= 4 is 0 Å². The molecular formula is C16H26NO2+. The zero-order valence-electron chi connectivity index (χ0n) is 12.2. The van der Waals surface area contributed by atoms with Crippen molar-refractivity contribution in [2.24, 2.45) is 0 Å². The number of para-hydroxylation sites is 1. The molecule has 0 amide bonds. The second kappa shape index (κ2) is 9.45. The fraction of sp³-hybridized carbons (Fsp3) is 0.500. The number of rotatable bonds is 10. The van der Waals surface area contributed by atoms with E-state index in [0.29, 0.717) is 6.61 Å². The van der Waals surface area contributed by atoms with Gasteiger partial charge in [0.05, 0.1) is 13.7 Å². The van der Waals surface area contributed by atoms with E-state index in [1.54, 1.807) is 7.11 Å². The second-order valence-electron chi connectivity index (χ2n) is 4.51. The molecule has 1 aromatic carbocycles. The van der Waals surface area contributed by atoms with Gasteiger partial charge in [-0.25, -0.2) is 0 Å². The van der Waals surface area contributed by atoms with E-state index in [4.69, 9.17) is 9.47 Å². The summed E-state index contributed by atoms with van der Waals surface area (Å²) >= 11 is 0. The molecule has 3 heteroatoms. The molecular weight excluding hydrogens is 238 g/mol. The SMILES string of the molecule is C=CCc1cccc(OC)c1OCC[NH2+]CCCC. The Morgan fingerprint density at radius 1 is 1.32 bits per heavy atom. The average Bonchev–Trinajstić information content (AvgIpc) is 2.44. The van der Waals surface area contributed by atoms with Gasteiger partial charge >= 0.3 is 0 Å². The number of benzene rings is 1. The van der Waals surface area contributed by atoms with E-state index in [-0.39, 0.29) is 0 Å². The maximum absolute atomic E-state index is 5.89. The van der Waals surface area contributed by atoms with Crippen LogP contribution in [0.25, 0.3) is 0 Å². The van der Waals surface area contributed by atoms with Gasteiger partial charge in [0.25, 0.3) is 0 Å². The molecule has 0 unspecified atom stereocenters. The molecule has 0 bridgehead atoms. The molecule has 2 N–H and O–H groups in total. The van der Waals surface area contributed by atoms with Crippen LogP contribution in [0.1, 0.15) is 25.3 Å². The van der Waals surface area contributed by atoms with Crippen molar-refractivity contribution in [3.05, 3.63) is 36.4 Å². The van der Waals surface area contributed by atoms with E-state index < -0.39 is 0 Å².